The number of benzene rings is 1. The SMILES string of the molecule is CCCCCSc1ccc(CNCC(C)C)cc1Br. The van der Waals surface area contributed by atoms with E-state index in [0.29, 0.717) is 5.92 Å². The minimum absolute atomic E-state index is 0.705. The molecule has 0 bridgehead atoms. The Labute approximate surface area is 131 Å². The van der Waals surface area contributed by atoms with E-state index in [1.54, 1.807) is 0 Å². The van der Waals surface area contributed by atoms with Crippen LogP contribution in [0, 0.1) is 5.92 Å². The van der Waals surface area contributed by atoms with Crippen LogP contribution in [0.3, 0.4) is 0 Å². The highest BCUT2D eigenvalue weighted by atomic mass is 79.9. The molecule has 0 spiro atoms. The predicted octanol–water partition coefficient (Wildman–Crippen LogP) is 5.48. The Morgan fingerprint density at radius 1 is 1.26 bits per heavy atom. The molecule has 1 aromatic carbocycles. The van der Waals surface area contributed by atoms with Crippen molar-refractivity contribution in [2.24, 2.45) is 5.92 Å². The molecule has 0 atom stereocenters. The van der Waals surface area contributed by atoms with Gasteiger partial charge >= 0.3 is 0 Å². The average molecular weight is 344 g/mol. The second-order valence-electron chi connectivity index (χ2n) is 5.35. The van der Waals surface area contributed by atoms with Gasteiger partial charge in [-0.05, 0) is 58.3 Å². The molecule has 0 aromatic heterocycles. The van der Waals surface area contributed by atoms with Gasteiger partial charge < -0.3 is 5.32 Å². The number of nitrogens with one attached hydrogen (secondary N) is 1. The molecular weight excluding hydrogens is 318 g/mol. The predicted molar refractivity (Wildman–Crippen MR) is 90.9 cm³/mol. The topological polar surface area (TPSA) is 12.0 Å². The average Bonchev–Trinajstić information content (AvgIpc) is 2.36. The highest BCUT2D eigenvalue weighted by Gasteiger charge is 2.03. The van der Waals surface area contributed by atoms with Gasteiger partial charge in [-0.25, -0.2) is 0 Å². The van der Waals surface area contributed by atoms with E-state index >= 15 is 0 Å². The summed E-state index contributed by atoms with van der Waals surface area (Å²) in [5.41, 5.74) is 1.35. The van der Waals surface area contributed by atoms with Crippen molar-refractivity contribution in [2.45, 2.75) is 51.5 Å². The van der Waals surface area contributed by atoms with Crippen LogP contribution in [0.25, 0.3) is 0 Å². The maximum absolute atomic E-state index is 3.69. The minimum Gasteiger partial charge on any atom is -0.312 e. The van der Waals surface area contributed by atoms with E-state index in [2.05, 4.69) is 60.2 Å². The lowest BCUT2D eigenvalue weighted by Crippen LogP contribution is -2.18. The molecule has 0 saturated carbocycles. The number of unbranched alkanes of at least 4 members (excludes halogenated alkanes) is 2. The molecule has 1 aromatic rings. The molecule has 108 valence electrons. The van der Waals surface area contributed by atoms with Gasteiger partial charge in [0.2, 0.25) is 0 Å². The van der Waals surface area contributed by atoms with Crippen molar-refractivity contribution in [3.63, 3.8) is 0 Å². The van der Waals surface area contributed by atoms with Crippen molar-refractivity contribution in [3.8, 4) is 0 Å². The van der Waals surface area contributed by atoms with Crippen LogP contribution in [0.5, 0.6) is 0 Å². The Kier molecular flexibility index (Phi) is 8.84. The molecule has 0 saturated heterocycles. The van der Waals surface area contributed by atoms with Gasteiger partial charge in [-0.1, -0.05) is 39.7 Å². The first-order chi connectivity index (χ1) is 9.13. The van der Waals surface area contributed by atoms with E-state index in [1.165, 1.54) is 39.9 Å². The Morgan fingerprint density at radius 2 is 2.05 bits per heavy atom. The van der Waals surface area contributed by atoms with Crippen LogP contribution < -0.4 is 5.32 Å². The molecule has 3 heteroatoms. The molecule has 0 radical (unpaired) electrons. The molecule has 19 heavy (non-hydrogen) atoms. The molecule has 1 N–H and O–H groups in total. The zero-order valence-electron chi connectivity index (χ0n) is 12.3. The van der Waals surface area contributed by atoms with Gasteiger partial charge in [-0.2, -0.15) is 0 Å². The van der Waals surface area contributed by atoms with E-state index in [4.69, 9.17) is 0 Å². The maximum Gasteiger partial charge on any atom is 0.0314 e. The third-order valence-corrected chi connectivity index (χ3v) is 4.96. The first-order valence-corrected chi connectivity index (χ1v) is 9.03. The lowest BCUT2D eigenvalue weighted by molar-refractivity contribution is 0.552. The molecule has 0 amide bonds. The zero-order valence-corrected chi connectivity index (χ0v) is 14.7. The van der Waals surface area contributed by atoms with E-state index in [1.807, 2.05) is 11.8 Å². The number of rotatable bonds is 9. The Bertz CT molecular complexity index is 366. The van der Waals surface area contributed by atoms with Crippen LogP contribution in [0.4, 0.5) is 0 Å². The molecule has 0 unspecified atom stereocenters. The van der Waals surface area contributed by atoms with E-state index < -0.39 is 0 Å². The van der Waals surface area contributed by atoms with Gasteiger partial charge in [0.25, 0.3) is 0 Å². The van der Waals surface area contributed by atoms with Crippen molar-refractivity contribution in [1.29, 1.82) is 0 Å². The summed E-state index contributed by atoms with van der Waals surface area (Å²) in [7, 11) is 0. The molecule has 0 aliphatic heterocycles. The first kappa shape index (κ1) is 17.1. The third-order valence-electron chi connectivity index (χ3n) is 2.88. The van der Waals surface area contributed by atoms with E-state index in [9.17, 15) is 0 Å². The smallest absolute Gasteiger partial charge is 0.0314 e. The highest BCUT2D eigenvalue weighted by molar-refractivity contribution is 9.10. The quantitative estimate of drug-likeness (QED) is 0.470. The normalized spacial score (nSPS) is 11.2. The number of thioether (sulfide) groups is 1. The minimum atomic E-state index is 0.705. The van der Waals surface area contributed by atoms with Crippen molar-refractivity contribution in [2.75, 3.05) is 12.3 Å². The second-order valence-corrected chi connectivity index (χ2v) is 7.34. The van der Waals surface area contributed by atoms with Crippen LogP contribution in [0.15, 0.2) is 27.6 Å². The van der Waals surface area contributed by atoms with Crippen molar-refractivity contribution >= 4 is 27.7 Å². The van der Waals surface area contributed by atoms with Gasteiger partial charge in [0.15, 0.2) is 0 Å². The standard InChI is InChI=1S/C16H26BrNS/c1-4-5-6-9-19-16-8-7-14(10-15(16)17)12-18-11-13(2)3/h7-8,10,13,18H,4-6,9,11-12H2,1-3H3. The van der Waals surface area contributed by atoms with Crippen LogP contribution in [-0.2, 0) is 6.54 Å². The van der Waals surface area contributed by atoms with Gasteiger partial charge in [0, 0.05) is 15.9 Å². The number of hydrogen-bond donors (Lipinski definition) is 1. The molecule has 1 rings (SSSR count). The third kappa shape index (κ3) is 7.38. The maximum atomic E-state index is 3.69. The van der Waals surface area contributed by atoms with Crippen LogP contribution >= 0.6 is 27.7 Å². The molecular formula is C16H26BrNS. The summed E-state index contributed by atoms with van der Waals surface area (Å²) in [6.45, 7) is 8.75. The van der Waals surface area contributed by atoms with Crippen LogP contribution in [-0.4, -0.2) is 12.3 Å². The molecule has 1 nitrogen and oxygen atoms in total. The summed E-state index contributed by atoms with van der Waals surface area (Å²) in [5.74, 6) is 1.93. The summed E-state index contributed by atoms with van der Waals surface area (Å²) < 4.78 is 1.23. The molecule has 0 aliphatic carbocycles. The fourth-order valence-electron chi connectivity index (χ4n) is 1.81. The largest absolute Gasteiger partial charge is 0.312 e. The Morgan fingerprint density at radius 3 is 2.68 bits per heavy atom. The number of halogens is 1. The van der Waals surface area contributed by atoms with Gasteiger partial charge in [0.05, 0.1) is 0 Å². The summed E-state index contributed by atoms with van der Waals surface area (Å²) >= 11 is 5.65. The summed E-state index contributed by atoms with van der Waals surface area (Å²) in [4.78, 5) is 1.36. The molecule has 0 aliphatic rings. The van der Waals surface area contributed by atoms with Crippen LogP contribution in [0.2, 0.25) is 0 Å². The lowest BCUT2D eigenvalue weighted by atomic mass is 10.2. The second kappa shape index (κ2) is 9.84. The van der Waals surface area contributed by atoms with Crippen LogP contribution in [0.1, 0.15) is 45.6 Å². The Balaban J connectivity index is 2.40. The summed E-state index contributed by atoms with van der Waals surface area (Å²) in [5, 5.41) is 3.48. The highest BCUT2D eigenvalue weighted by Crippen LogP contribution is 2.29. The summed E-state index contributed by atoms with van der Waals surface area (Å²) in [6.07, 6.45) is 3.94. The monoisotopic (exact) mass is 343 g/mol. The first-order valence-electron chi connectivity index (χ1n) is 7.25. The fraction of sp³-hybridized carbons (Fsp3) is 0.625. The summed E-state index contributed by atoms with van der Waals surface area (Å²) in [6, 6.07) is 6.73. The van der Waals surface area contributed by atoms with Crippen molar-refractivity contribution in [3.05, 3.63) is 28.2 Å². The van der Waals surface area contributed by atoms with Crippen molar-refractivity contribution in [1.82, 2.24) is 5.32 Å². The van der Waals surface area contributed by atoms with Gasteiger partial charge in [-0.15, -0.1) is 11.8 Å². The lowest BCUT2D eigenvalue weighted by Gasteiger charge is -2.10. The molecule has 0 heterocycles. The van der Waals surface area contributed by atoms with Gasteiger partial charge in [-0.3, -0.25) is 0 Å². The van der Waals surface area contributed by atoms with E-state index in [0.717, 1.165) is 13.1 Å². The van der Waals surface area contributed by atoms with E-state index in [-0.39, 0.29) is 0 Å². The van der Waals surface area contributed by atoms with Gasteiger partial charge in [0.1, 0.15) is 0 Å². The number of hydrogen-bond acceptors (Lipinski definition) is 2. The Hall–Kier alpha value is 0.01000. The zero-order chi connectivity index (χ0) is 14.1. The fourth-order valence-corrected chi connectivity index (χ4v) is 3.51. The van der Waals surface area contributed by atoms with Crippen molar-refractivity contribution < 1.29 is 0 Å². The molecule has 0 fully saturated rings.